The molecule has 1 heterocycles. The van der Waals surface area contributed by atoms with Crippen molar-refractivity contribution in [3.05, 3.63) is 35.4 Å². The lowest BCUT2D eigenvalue weighted by atomic mass is 9.99. The molecule has 1 unspecified atom stereocenters. The van der Waals surface area contributed by atoms with Crippen LogP contribution < -0.4 is 5.32 Å². The topological polar surface area (TPSA) is 15.3 Å². The third-order valence-corrected chi connectivity index (χ3v) is 4.06. The summed E-state index contributed by atoms with van der Waals surface area (Å²) in [6.45, 7) is 5.90. The van der Waals surface area contributed by atoms with Crippen molar-refractivity contribution >= 4 is 0 Å². The van der Waals surface area contributed by atoms with E-state index in [1.165, 1.54) is 44.3 Å². The highest BCUT2D eigenvalue weighted by Gasteiger charge is 2.14. The lowest BCUT2D eigenvalue weighted by Gasteiger charge is -2.28. The summed E-state index contributed by atoms with van der Waals surface area (Å²) in [6.07, 6.45) is 5.18. The smallest absolute Gasteiger partial charge is 0.0236 e. The summed E-state index contributed by atoms with van der Waals surface area (Å²) in [5.41, 5.74) is 3.09. The van der Waals surface area contributed by atoms with E-state index >= 15 is 0 Å². The summed E-state index contributed by atoms with van der Waals surface area (Å²) in [5.74, 6) is 0. The van der Waals surface area contributed by atoms with Gasteiger partial charge in [0.1, 0.15) is 0 Å². The molecule has 18 heavy (non-hydrogen) atoms. The van der Waals surface area contributed by atoms with Crippen molar-refractivity contribution in [1.82, 2.24) is 10.2 Å². The first kappa shape index (κ1) is 13.6. The second-order valence-corrected chi connectivity index (χ2v) is 5.48. The van der Waals surface area contributed by atoms with Crippen molar-refractivity contribution in [2.45, 2.75) is 45.2 Å². The van der Waals surface area contributed by atoms with Crippen LogP contribution in [0.2, 0.25) is 0 Å². The zero-order valence-electron chi connectivity index (χ0n) is 11.8. The molecule has 0 fully saturated rings. The van der Waals surface area contributed by atoms with Crippen LogP contribution in [0.5, 0.6) is 0 Å². The molecule has 0 aromatic heterocycles. The normalized spacial score (nSPS) is 17.4. The molecule has 2 heteroatoms. The number of nitrogens with zero attached hydrogens (tertiary/aromatic N) is 1. The highest BCUT2D eigenvalue weighted by Crippen LogP contribution is 2.18. The van der Waals surface area contributed by atoms with Crippen molar-refractivity contribution in [2.75, 3.05) is 20.1 Å². The zero-order valence-corrected chi connectivity index (χ0v) is 11.8. The molecule has 100 valence electrons. The second kappa shape index (κ2) is 6.91. The zero-order chi connectivity index (χ0) is 12.8. The Balaban J connectivity index is 1.70. The largest absolute Gasteiger partial charge is 0.317 e. The molecule has 1 aliphatic heterocycles. The van der Waals surface area contributed by atoms with Gasteiger partial charge in [-0.15, -0.1) is 0 Å². The third kappa shape index (κ3) is 3.82. The summed E-state index contributed by atoms with van der Waals surface area (Å²) in [7, 11) is 2.05. The number of hydrogen-bond acceptors (Lipinski definition) is 2. The minimum Gasteiger partial charge on any atom is -0.317 e. The fraction of sp³-hybridized carbons (Fsp3) is 0.625. The van der Waals surface area contributed by atoms with Crippen LogP contribution in [0, 0.1) is 0 Å². The van der Waals surface area contributed by atoms with Crippen molar-refractivity contribution in [2.24, 2.45) is 0 Å². The van der Waals surface area contributed by atoms with Gasteiger partial charge in [-0.25, -0.2) is 0 Å². The van der Waals surface area contributed by atoms with Gasteiger partial charge in [0.2, 0.25) is 0 Å². The first-order valence-corrected chi connectivity index (χ1v) is 7.26. The molecule has 1 aromatic carbocycles. The highest BCUT2D eigenvalue weighted by molar-refractivity contribution is 5.28. The summed E-state index contributed by atoms with van der Waals surface area (Å²) in [5, 5.41) is 3.30. The monoisotopic (exact) mass is 246 g/mol. The van der Waals surface area contributed by atoms with Crippen LogP contribution >= 0.6 is 0 Å². The highest BCUT2D eigenvalue weighted by atomic mass is 15.1. The van der Waals surface area contributed by atoms with E-state index in [2.05, 4.69) is 41.4 Å². The Morgan fingerprint density at radius 1 is 1.22 bits per heavy atom. The van der Waals surface area contributed by atoms with E-state index in [0.29, 0.717) is 6.04 Å². The van der Waals surface area contributed by atoms with Crippen molar-refractivity contribution in [3.63, 3.8) is 0 Å². The van der Waals surface area contributed by atoms with Gasteiger partial charge in [-0.2, -0.15) is 0 Å². The van der Waals surface area contributed by atoms with Gasteiger partial charge in [0.05, 0.1) is 0 Å². The fourth-order valence-corrected chi connectivity index (χ4v) is 2.68. The molecule has 0 saturated carbocycles. The average Bonchev–Trinajstić information content (AvgIpc) is 2.43. The van der Waals surface area contributed by atoms with Gasteiger partial charge in [0.25, 0.3) is 0 Å². The number of benzene rings is 1. The number of unbranched alkanes of at least 4 members (excludes halogenated alkanes) is 1. The van der Waals surface area contributed by atoms with E-state index in [4.69, 9.17) is 0 Å². The molecule has 0 bridgehead atoms. The van der Waals surface area contributed by atoms with Crippen LogP contribution in [-0.4, -0.2) is 31.1 Å². The standard InChI is InChI=1S/C16H26N2/c1-14(17-2)7-5-6-11-18-12-10-15-8-3-4-9-16(15)13-18/h3-4,8-9,14,17H,5-7,10-13H2,1-2H3. The van der Waals surface area contributed by atoms with Crippen LogP contribution in [-0.2, 0) is 13.0 Å². The fourth-order valence-electron chi connectivity index (χ4n) is 2.68. The van der Waals surface area contributed by atoms with Crippen molar-refractivity contribution < 1.29 is 0 Å². The molecule has 1 atom stereocenters. The first-order valence-electron chi connectivity index (χ1n) is 7.26. The number of fused-ring (bicyclic) bond motifs is 1. The van der Waals surface area contributed by atoms with E-state index in [-0.39, 0.29) is 0 Å². The molecule has 2 nitrogen and oxygen atoms in total. The Kier molecular flexibility index (Phi) is 5.21. The van der Waals surface area contributed by atoms with Gasteiger partial charge in [0.15, 0.2) is 0 Å². The minimum atomic E-state index is 0.659. The van der Waals surface area contributed by atoms with E-state index in [1.54, 1.807) is 5.56 Å². The summed E-state index contributed by atoms with van der Waals surface area (Å²) < 4.78 is 0. The minimum absolute atomic E-state index is 0.659. The molecule has 0 spiro atoms. The van der Waals surface area contributed by atoms with Gasteiger partial charge in [-0.3, -0.25) is 4.90 Å². The van der Waals surface area contributed by atoms with E-state index < -0.39 is 0 Å². The summed E-state index contributed by atoms with van der Waals surface area (Å²) >= 11 is 0. The maximum absolute atomic E-state index is 3.30. The lowest BCUT2D eigenvalue weighted by Crippen LogP contribution is -2.31. The van der Waals surface area contributed by atoms with Crippen LogP contribution in [0.4, 0.5) is 0 Å². The van der Waals surface area contributed by atoms with Crippen LogP contribution in [0.1, 0.15) is 37.3 Å². The second-order valence-electron chi connectivity index (χ2n) is 5.48. The number of hydrogen-bond donors (Lipinski definition) is 1. The Morgan fingerprint density at radius 3 is 2.78 bits per heavy atom. The predicted octanol–water partition coefficient (Wildman–Crippen LogP) is 2.82. The molecule has 1 aromatic rings. The molecule has 1 N–H and O–H groups in total. The van der Waals surface area contributed by atoms with Gasteiger partial charge < -0.3 is 5.32 Å². The third-order valence-electron chi connectivity index (χ3n) is 4.06. The van der Waals surface area contributed by atoms with Crippen molar-refractivity contribution in [3.8, 4) is 0 Å². The molecule has 2 rings (SSSR count). The Morgan fingerprint density at radius 2 is 2.00 bits per heavy atom. The molecule has 0 amide bonds. The van der Waals surface area contributed by atoms with Gasteiger partial charge in [0, 0.05) is 19.1 Å². The molecule has 0 aliphatic carbocycles. The molecule has 0 radical (unpaired) electrons. The van der Waals surface area contributed by atoms with Gasteiger partial charge in [-0.1, -0.05) is 30.7 Å². The van der Waals surface area contributed by atoms with Crippen LogP contribution in [0.3, 0.4) is 0 Å². The predicted molar refractivity (Wildman–Crippen MR) is 77.8 cm³/mol. The van der Waals surface area contributed by atoms with E-state index in [0.717, 1.165) is 6.54 Å². The van der Waals surface area contributed by atoms with Gasteiger partial charge >= 0.3 is 0 Å². The molecule has 1 aliphatic rings. The average molecular weight is 246 g/mol. The SMILES string of the molecule is CNC(C)CCCCN1CCc2ccccc2C1. The van der Waals surface area contributed by atoms with Crippen LogP contribution in [0.25, 0.3) is 0 Å². The van der Waals surface area contributed by atoms with Gasteiger partial charge in [-0.05, 0) is 50.9 Å². The Bertz CT molecular complexity index is 362. The maximum Gasteiger partial charge on any atom is 0.0236 e. The summed E-state index contributed by atoms with van der Waals surface area (Å²) in [4.78, 5) is 2.60. The maximum atomic E-state index is 3.30. The number of rotatable bonds is 6. The lowest BCUT2D eigenvalue weighted by molar-refractivity contribution is 0.247. The molecular weight excluding hydrogens is 220 g/mol. The quantitative estimate of drug-likeness (QED) is 0.777. The van der Waals surface area contributed by atoms with E-state index in [9.17, 15) is 0 Å². The first-order chi connectivity index (χ1) is 8.79. The van der Waals surface area contributed by atoms with E-state index in [1.807, 2.05) is 7.05 Å². The molecular formula is C16H26N2. The van der Waals surface area contributed by atoms with Crippen molar-refractivity contribution in [1.29, 1.82) is 0 Å². The Labute approximate surface area is 111 Å². The molecule has 0 saturated heterocycles. The number of nitrogens with one attached hydrogen (secondary N) is 1. The summed E-state index contributed by atoms with van der Waals surface area (Å²) in [6, 6.07) is 9.54. The Hall–Kier alpha value is -0.860. The van der Waals surface area contributed by atoms with Crippen LogP contribution in [0.15, 0.2) is 24.3 Å².